The van der Waals surface area contributed by atoms with E-state index in [1.165, 1.54) is 10.5 Å². The first-order valence-electron chi connectivity index (χ1n) is 14.2. The highest BCUT2D eigenvalue weighted by atomic mass is 16.2. The third kappa shape index (κ3) is 6.43. The number of ketones is 1. The highest BCUT2D eigenvalue weighted by Gasteiger charge is 2.36. The summed E-state index contributed by atoms with van der Waals surface area (Å²) in [6.07, 6.45) is 2.31. The van der Waals surface area contributed by atoms with Crippen LogP contribution in [0.4, 0.5) is 0 Å². The summed E-state index contributed by atoms with van der Waals surface area (Å²) in [6.45, 7) is 5.87. The Labute approximate surface area is 245 Å². The average Bonchev–Trinajstić information content (AvgIpc) is 3.39. The summed E-state index contributed by atoms with van der Waals surface area (Å²) in [5.74, 6) is -2.51. The third-order valence-electron chi connectivity index (χ3n) is 8.17. The molecular weight excluding hydrogens is 528 g/mol. The molecule has 1 aliphatic rings. The number of Topliss-reactive ketones (excluding diaryl/α,β-unsaturated/α-hetero) is 1. The largest absolute Gasteiger partial charge is 0.361 e. The Balaban J connectivity index is 1.35. The van der Waals surface area contributed by atoms with Crippen molar-refractivity contribution in [2.75, 3.05) is 13.1 Å². The van der Waals surface area contributed by atoms with Gasteiger partial charge in [-0.1, -0.05) is 60.7 Å². The second-order valence-electron chi connectivity index (χ2n) is 11.2. The minimum absolute atomic E-state index is 0.169. The number of nitrogens with zero attached hydrogens (tertiary/aromatic N) is 1. The minimum atomic E-state index is -1.04. The summed E-state index contributed by atoms with van der Waals surface area (Å²) in [5, 5.41) is 6.65. The number of rotatable bonds is 10. The lowest BCUT2D eigenvalue weighted by molar-refractivity contribution is -0.147. The fourth-order valence-corrected chi connectivity index (χ4v) is 5.61. The molecule has 0 saturated carbocycles. The van der Waals surface area contributed by atoms with E-state index < -0.39 is 23.7 Å². The van der Waals surface area contributed by atoms with E-state index in [2.05, 4.69) is 22.5 Å². The van der Waals surface area contributed by atoms with Crippen molar-refractivity contribution in [1.29, 1.82) is 0 Å². The molecule has 5 rings (SSSR count). The Morgan fingerprint density at radius 3 is 2.38 bits per heavy atom. The first-order chi connectivity index (χ1) is 20.2. The van der Waals surface area contributed by atoms with Gasteiger partial charge in [0.2, 0.25) is 17.7 Å². The van der Waals surface area contributed by atoms with Crippen LogP contribution in [-0.4, -0.2) is 52.5 Å². The van der Waals surface area contributed by atoms with Crippen LogP contribution < -0.4 is 10.6 Å². The molecule has 4 aromatic rings. The molecule has 0 spiro atoms. The van der Waals surface area contributed by atoms with Crippen molar-refractivity contribution < 1.29 is 19.2 Å². The standard InChI is InChI=1S/C34H36N4O4/c1-21-13-25(14-22(2)23(21)3)17-36-33(41)28(16-26-18-35-29-12-8-7-11-27(26)29)31(39)19-38-20-32(40)37-30(34(38)42)15-24-9-5-4-6-10-24/h4-14,18,28,30,35H,15-17,19-20H2,1-3H3,(H,36,41)(H,37,40). The lowest BCUT2D eigenvalue weighted by atomic mass is 9.92. The molecule has 1 aliphatic heterocycles. The van der Waals surface area contributed by atoms with E-state index in [1.54, 1.807) is 0 Å². The molecule has 0 bridgehead atoms. The van der Waals surface area contributed by atoms with Gasteiger partial charge in [0.15, 0.2) is 5.78 Å². The number of carbonyl (C=O) groups is 4. The lowest BCUT2D eigenvalue weighted by Crippen LogP contribution is -2.60. The average molecular weight is 565 g/mol. The number of hydrogen-bond acceptors (Lipinski definition) is 4. The smallest absolute Gasteiger partial charge is 0.246 e. The van der Waals surface area contributed by atoms with Crippen LogP contribution in [0.5, 0.6) is 0 Å². The Hall–Kier alpha value is -4.72. The normalized spacial score (nSPS) is 15.9. The fraction of sp³-hybridized carbons (Fsp3) is 0.294. The monoisotopic (exact) mass is 564 g/mol. The molecule has 0 radical (unpaired) electrons. The van der Waals surface area contributed by atoms with Gasteiger partial charge in [0.1, 0.15) is 18.5 Å². The second kappa shape index (κ2) is 12.4. The van der Waals surface area contributed by atoms with Gasteiger partial charge in [-0.05, 0) is 66.6 Å². The molecule has 1 aromatic heterocycles. The van der Waals surface area contributed by atoms with E-state index >= 15 is 0 Å². The molecule has 3 N–H and O–H groups in total. The number of aryl methyl sites for hydroxylation is 2. The summed E-state index contributed by atoms with van der Waals surface area (Å²) in [5.41, 5.74) is 7.09. The number of piperazine rings is 1. The number of amides is 3. The number of para-hydroxylation sites is 1. The maximum atomic E-state index is 13.8. The first kappa shape index (κ1) is 28.8. The van der Waals surface area contributed by atoms with Crippen LogP contribution in [0.15, 0.2) is 72.9 Å². The summed E-state index contributed by atoms with van der Waals surface area (Å²) in [7, 11) is 0. The Bertz CT molecular complexity index is 1620. The van der Waals surface area contributed by atoms with Crippen molar-refractivity contribution in [2.45, 2.75) is 46.2 Å². The molecule has 8 nitrogen and oxygen atoms in total. The zero-order chi connectivity index (χ0) is 29.8. The Morgan fingerprint density at radius 2 is 1.64 bits per heavy atom. The molecule has 8 heteroatoms. The van der Waals surface area contributed by atoms with Gasteiger partial charge in [-0.3, -0.25) is 19.2 Å². The first-order valence-corrected chi connectivity index (χ1v) is 14.2. The Kier molecular flexibility index (Phi) is 8.52. The van der Waals surface area contributed by atoms with Crippen LogP contribution in [0.25, 0.3) is 10.9 Å². The van der Waals surface area contributed by atoms with Crippen LogP contribution in [0, 0.1) is 26.7 Å². The number of carbonyl (C=O) groups excluding carboxylic acids is 4. The molecule has 1 fully saturated rings. The van der Waals surface area contributed by atoms with E-state index in [9.17, 15) is 19.2 Å². The SMILES string of the molecule is Cc1cc(CNC(=O)C(Cc2c[nH]c3ccccc23)C(=O)CN2CC(=O)NC(Cc3ccccc3)C2=O)cc(C)c1C. The van der Waals surface area contributed by atoms with Crippen LogP contribution in [-0.2, 0) is 38.6 Å². The van der Waals surface area contributed by atoms with Gasteiger partial charge in [0, 0.05) is 30.1 Å². The van der Waals surface area contributed by atoms with Crippen molar-refractivity contribution in [3.8, 4) is 0 Å². The molecule has 42 heavy (non-hydrogen) atoms. The van der Waals surface area contributed by atoms with E-state index in [-0.39, 0.29) is 37.9 Å². The zero-order valence-corrected chi connectivity index (χ0v) is 24.2. The number of aromatic nitrogens is 1. The second-order valence-corrected chi connectivity index (χ2v) is 11.2. The van der Waals surface area contributed by atoms with E-state index in [0.29, 0.717) is 6.42 Å². The van der Waals surface area contributed by atoms with Gasteiger partial charge in [-0.15, -0.1) is 0 Å². The number of aromatic amines is 1. The molecule has 0 aliphatic carbocycles. The molecule has 216 valence electrons. The minimum Gasteiger partial charge on any atom is -0.361 e. The van der Waals surface area contributed by atoms with Crippen molar-refractivity contribution in [2.24, 2.45) is 5.92 Å². The highest BCUT2D eigenvalue weighted by Crippen LogP contribution is 2.23. The number of nitrogens with one attached hydrogen (secondary N) is 3. The van der Waals surface area contributed by atoms with Crippen molar-refractivity contribution in [3.63, 3.8) is 0 Å². The molecule has 3 aromatic carbocycles. The predicted molar refractivity (Wildman–Crippen MR) is 162 cm³/mol. The van der Waals surface area contributed by atoms with E-state index in [0.717, 1.165) is 38.7 Å². The van der Waals surface area contributed by atoms with Crippen LogP contribution in [0.1, 0.15) is 33.4 Å². The van der Waals surface area contributed by atoms with Crippen LogP contribution in [0.2, 0.25) is 0 Å². The lowest BCUT2D eigenvalue weighted by Gasteiger charge is -2.33. The summed E-state index contributed by atoms with van der Waals surface area (Å²) < 4.78 is 0. The van der Waals surface area contributed by atoms with E-state index in [1.807, 2.05) is 86.8 Å². The van der Waals surface area contributed by atoms with Crippen LogP contribution in [0.3, 0.4) is 0 Å². The van der Waals surface area contributed by atoms with Crippen molar-refractivity contribution >= 4 is 34.4 Å². The Morgan fingerprint density at radius 1 is 0.952 bits per heavy atom. The molecule has 2 unspecified atom stereocenters. The van der Waals surface area contributed by atoms with E-state index in [4.69, 9.17) is 0 Å². The van der Waals surface area contributed by atoms with Crippen molar-refractivity contribution in [1.82, 2.24) is 20.5 Å². The quantitative estimate of drug-likeness (QED) is 0.255. The highest BCUT2D eigenvalue weighted by molar-refractivity contribution is 6.05. The van der Waals surface area contributed by atoms with Gasteiger partial charge in [0.05, 0.1) is 6.54 Å². The zero-order valence-electron chi connectivity index (χ0n) is 24.2. The summed E-state index contributed by atoms with van der Waals surface area (Å²) in [4.78, 5) is 57.8. The van der Waals surface area contributed by atoms with Crippen molar-refractivity contribution in [3.05, 3.63) is 106 Å². The van der Waals surface area contributed by atoms with Gasteiger partial charge in [0.25, 0.3) is 0 Å². The van der Waals surface area contributed by atoms with Gasteiger partial charge in [-0.25, -0.2) is 0 Å². The molecular formula is C34H36N4O4. The molecule has 2 heterocycles. The maximum Gasteiger partial charge on any atom is 0.246 e. The third-order valence-corrected chi connectivity index (χ3v) is 8.17. The number of hydrogen-bond donors (Lipinski definition) is 3. The van der Waals surface area contributed by atoms with Gasteiger partial charge >= 0.3 is 0 Å². The maximum absolute atomic E-state index is 13.8. The van der Waals surface area contributed by atoms with Crippen LogP contribution >= 0.6 is 0 Å². The molecule has 3 amide bonds. The summed E-state index contributed by atoms with van der Waals surface area (Å²) in [6, 6.07) is 20.4. The molecule has 2 atom stereocenters. The number of H-pyrrole nitrogens is 1. The topological polar surface area (TPSA) is 111 Å². The number of benzene rings is 3. The summed E-state index contributed by atoms with van der Waals surface area (Å²) >= 11 is 0. The van der Waals surface area contributed by atoms with Gasteiger partial charge in [-0.2, -0.15) is 0 Å². The molecule has 1 saturated heterocycles. The van der Waals surface area contributed by atoms with Gasteiger partial charge < -0.3 is 20.5 Å². The predicted octanol–water partition coefficient (Wildman–Crippen LogP) is 3.71. The fourth-order valence-electron chi connectivity index (χ4n) is 5.61. The number of fused-ring (bicyclic) bond motifs is 1.